The third kappa shape index (κ3) is 4.53. The fourth-order valence-corrected chi connectivity index (χ4v) is 4.63. The lowest BCUT2D eigenvalue weighted by atomic mass is 10.0. The smallest absolute Gasteiger partial charge is 0.226 e. The molecule has 1 aliphatic heterocycles. The average molecular weight is 469 g/mol. The molecule has 1 fully saturated rings. The molecule has 170 valence electrons. The molecule has 8 heteroatoms. The number of thiocarbonyl (C=S) groups is 1. The number of nitrogens with zero attached hydrogens (tertiary/aromatic N) is 4. The first-order valence-electron chi connectivity index (χ1n) is 11.1. The summed E-state index contributed by atoms with van der Waals surface area (Å²) in [6, 6.07) is 23.1. The summed E-state index contributed by atoms with van der Waals surface area (Å²) in [7, 11) is 0. The lowest BCUT2D eigenvalue weighted by Crippen LogP contribution is -2.33. The van der Waals surface area contributed by atoms with E-state index in [-0.39, 0.29) is 18.0 Å². The van der Waals surface area contributed by atoms with Crippen molar-refractivity contribution >= 4 is 28.9 Å². The molecule has 34 heavy (non-hydrogen) atoms. The number of anilines is 1. The summed E-state index contributed by atoms with van der Waals surface area (Å²) in [5.41, 5.74) is 3.68. The molecule has 5 rings (SSSR count). The van der Waals surface area contributed by atoms with Gasteiger partial charge in [0.2, 0.25) is 5.91 Å². The fourth-order valence-electron chi connectivity index (χ4n) is 4.30. The van der Waals surface area contributed by atoms with Gasteiger partial charge in [-0.05, 0) is 60.7 Å². The van der Waals surface area contributed by atoms with Crippen LogP contribution in [0.5, 0.6) is 0 Å². The van der Waals surface area contributed by atoms with Gasteiger partial charge in [-0.2, -0.15) is 0 Å². The monoisotopic (exact) mass is 468 g/mol. The normalized spacial score (nSPS) is 17.4. The number of rotatable bonds is 7. The molecule has 0 aliphatic carbocycles. The molecular formula is C26H24N6OS. The Balaban J connectivity index is 1.44. The van der Waals surface area contributed by atoms with Gasteiger partial charge in [0.15, 0.2) is 5.11 Å². The van der Waals surface area contributed by atoms with Crippen LogP contribution in [0.15, 0.2) is 97.6 Å². The molecule has 3 aromatic heterocycles. The van der Waals surface area contributed by atoms with E-state index >= 15 is 0 Å². The number of nitrogens with one attached hydrogen (secondary N) is 2. The number of amides is 1. The standard InChI is InChI=1S/C26H24N6OS/c33-23(29-19-8-2-1-3-9-19)13-17-32-25(24(30-26(32)34)21-11-4-5-15-28-21)22-12-7-16-31(22)20-10-6-14-27-18-20/h1-12,14-16,18,24-25H,13,17H2,(H,29,33)(H,30,34)/t24-,25-/m1/s1. The van der Waals surface area contributed by atoms with Crippen molar-refractivity contribution in [3.05, 3.63) is 109 Å². The zero-order valence-corrected chi connectivity index (χ0v) is 19.2. The molecule has 0 spiro atoms. The van der Waals surface area contributed by atoms with Crippen LogP contribution in [0, 0.1) is 0 Å². The van der Waals surface area contributed by atoms with E-state index < -0.39 is 0 Å². The van der Waals surface area contributed by atoms with Gasteiger partial charge >= 0.3 is 0 Å². The highest BCUT2D eigenvalue weighted by molar-refractivity contribution is 7.80. The quantitative estimate of drug-likeness (QED) is 0.395. The highest BCUT2D eigenvalue weighted by Crippen LogP contribution is 2.39. The van der Waals surface area contributed by atoms with Crippen molar-refractivity contribution in [2.45, 2.75) is 18.5 Å². The number of carbonyl (C=O) groups excluding carboxylic acids is 1. The minimum Gasteiger partial charge on any atom is -0.352 e. The van der Waals surface area contributed by atoms with E-state index in [0.29, 0.717) is 18.1 Å². The second-order valence-corrected chi connectivity index (χ2v) is 8.39. The van der Waals surface area contributed by atoms with E-state index in [1.54, 1.807) is 12.4 Å². The number of hydrogen-bond acceptors (Lipinski definition) is 4. The Morgan fingerprint density at radius 1 is 1.00 bits per heavy atom. The van der Waals surface area contributed by atoms with Gasteiger partial charge in [0.1, 0.15) is 0 Å². The Labute approximate surface area is 203 Å². The fraction of sp³-hybridized carbons (Fsp3) is 0.154. The first-order chi connectivity index (χ1) is 16.7. The van der Waals surface area contributed by atoms with Gasteiger partial charge in [-0.25, -0.2) is 0 Å². The van der Waals surface area contributed by atoms with Crippen LogP contribution in [0.2, 0.25) is 0 Å². The molecule has 2 atom stereocenters. The lowest BCUT2D eigenvalue weighted by molar-refractivity contribution is -0.116. The molecule has 0 bridgehead atoms. The van der Waals surface area contributed by atoms with Crippen LogP contribution in [-0.4, -0.2) is 37.0 Å². The van der Waals surface area contributed by atoms with E-state index in [1.165, 1.54) is 0 Å². The van der Waals surface area contributed by atoms with Crippen LogP contribution in [-0.2, 0) is 4.79 Å². The summed E-state index contributed by atoms with van der Waals surface area (Å²) in [5.74, 6) is -0.0586. The van der Waals surface area contributed by atoms with Crippen LogP contribution in [0.25, 0.3) is 5.69 Å². The Hall–Kier alpha value is -4.04. The first kappa shape index (κ1) is 21.8. The summed E-state index contributed by atoms with van der Waals surface area (Å²) >= 11 is 5.74. The maximum absolute atomic E-state index is 12.7. The van der Waals surface area contributed by atoms with E-state index in [9.17, 15) is 4.79 Å². The number of carbonyl (C=O) groups is 1. The third-order valence-electron chi connectivity index (χ3n) is 5.84. The summed E-state index contributed by atoms with van der Waals surface area (Å²) in [6.07, 6.45) is 7.69. The predicted octanol–water partition coefficient (Wildman–Crippen LogP) is 4.27. The highest BCUT2D eigenvalue weighted by atomic mass is 32.1. The number of aromatic nitrogens is 3. The second-order valence-electron chi connectivity index (χ2n) is 8.00. The van der Waals surface area contributed by atoms with E-state index in [4.69, 9.17) is 12.2 Å². The van der Waals surface area contributed by atoms with Crippen LogP contribution < -0.4 is 10.6 Å². The molecule has 0 saturated carbocycles. The number of benzene rings is 1. The van der Waals surface area contributed by atoms with Gasteiger partial charge in [-0.1, -0.05) is 24.3 Å². The van der Waals surface area contributed by atoms with Crippen molar-refractivity contribution in [2.24, 2.45) is 0 Å². The second kappa shape index (κ2) is 9.84. The van der Waals surface area contributed by atoms with Gasteiger partial charge in [0.05, 0.1) is 29.7 Å². The molecule has 4 heterocycles. The number of pyridine rings is 2. The van der Waals surface area contributed by atoms with Gasteiger partial charge in [0.25, 0.3) is 0 Å². The molecule has 1 amide bonds. The van der Waals surface area contributed by atoms with E-state index in [2.05, 4.69) is 36.1 Å². The van der Waals surface area contributed by atoms with Crippen molar-refractivity contribution in [3.8, 4) is 5.69 Å². The average Bonchev–Trinajstić information content (AvgIpc) is 3.48. The predicted molar refractivity (Wildman–Crippen MR) is 135 cm³/mol. The van der Waals surface area contributed by atoms with Crippen LogP contribution in [0.4, 0.5) is 5.69 Å². The topological polar surface area (TPSA) is 75.1 Å². The molecule has 0 unspecified atom stereocenters. The molecule has 7 nitrogen and oxygen atoms in total. The van der Waals surface area contributed by atoms with Gasteiger partial charge in [-0.15, -0.1) is 0 Å². The Kier molecular flexibility index (Phi) is 6.31. The maximum Gasteiger partial charge on any atom is 0.226 e. The van der Waals surface area contributed by atoms with E-state index in [1.807, 2.05) is 79.1 Å². The molecule has 2 N–H and O–H groups in total. The van der Waals surface area contributed by atoms with Crippen LogP contribution in [0.1, 0.15) is 29.9 Å². The Bertz CT molecular complexity index is 1260. The molecule has 4 aromatic rings. The third-order valence-corrected chi connectivity index (χ3v) is 6.19. The molecule has 1 aliphatic rings. The molecule has 0 radical (unpaired) electrons. The molecule has 1 saturated heterocycles. The van der Waals surface area contributed by atoms with Crippen molar-refractivity contribution in [3.63, 3.8) is 0 Å². The summed E-state index contributed by atoms with van der Waals surface area (Å²) in [4.78, 5) is 23.6. The van der Waals surface area contributed by atoms with Gasteiger partial charge in [0, 0.05) is 42.9 Å². The first-order valence-corrected chi connectivity index (χ1v) is 11.5. The summed E-state index contributed by atoms with van der Waals surface area (Å²) < 4.78 is 2.11. The molecular weight excluding hydrogens is 444 g/mol. The number of hydrogen-bond donors (Lipinski definition) is 2. The highest BCUT2D eigenvalue weighted by Gasteiger charge is 2.41. The Morgan fingerprint density at radius 2 is 1.85 bits per heavy atom. The molecule has 1 aromatic carbocycles. The number of para-hydroxylation sites is 1. The van der Waals surface area contributed by atoms with Gasteiger partial charge < -0.3 is 20.1 Å². The maximum atomic E-state index is 12.7. The zero-order chi connectivity index (χ0) is 23.3. The largest absolute Gasteiger partial charge is 0.352 e. The van der Waals surface area contributed by atoms with Crippen molar-refractivity contribution in [1.82, 2.24) is 24.8 Å². The van der Waals surface area contributed by atoms with Gasteiger partial charge in [-0.3, -0.25) is 14.8 Å². The minimum atomic E-state index is -0.156. The van der Waals surface area contributed by atoms with Crippen LogP contribution >= 0.6 is 12.2 Å². The van der Waals surface area contributed by atoms with Crippen molar-refractivity contribution < 1.29 is 4.79 Å². The summed E-state index contributed by atoms with van der Waals surface area (Å²) in [6.45, 7) is 0.469. The minimum absolute atomic E-state index is 0.0586. The van der Waals surface area contributed by atoms with Crippen LogP contribution in [0.3, 0.4) is 0 Å². The Morgan fingerprint density at radius 3 is 2.62 bits per heavy atom. The van der Waals surface area contributed by atoms with Crippen molar-refractivity contribution in [2.75, 3.05) is 11.9 Å². The zero-order valence-electron chi connectivity index (χ0n) is 18.4. The SMILES string of the molecule is O=C(CCN1C(=S)N[C@H](c2ccccn2)[C@H]1c1cccn1-c1cccnc1)Nc1ccccc1. The van der Waals surface area contributed by atoms with E-state index in [0.717, 1.165) is 22.8 Å². The lowest BCUT2D eigenvalue weighted by Gasteiger charge is -2.28. The summed E-state index contributed by atoms with van der Waals surface area (Å²) in [5, 5.41) is 7.00. The van der Waals surface area contributed by atoms with Crippen molar-refractivity contribution in [1.29, 1.82) is 0 Å².